The highest BCUT2D eigenvalue weighted by Gasteiger charge is 2.43. The second-order valence-corrected chi connectivity index (χ2v) is 8.00. The minimum Gasteiger partial charge on any atom is -0.446 e. The van der Waals surface area contributed by atoms with Crippen LogP contribution in [0, 0.1) is 23.2 Å². The third-order valence-electron chi connectivity index (χ3n) is 5.64. The number of nitrogens with zero attached hydrogens (tertiary/aromatic N) is 2. The second kappa shape index (κ2) is 6.31. The van der Waals surface area contributed by atoms with Crippen LogP contribution in [0.1, 0.15) is 57.1 Å². The number of nitriles is 1. The fourth-order valence-electron chi connectivity index (χ4n) is 3.53. The van der Waals surface area contributed by atoms with Gasteiger partial charge < -0.3 is 15.4 Å². The number of hydrogen-bond acceptors (Lipinski definition) is 5. The zero-order valence-electron chi connectivity index (χ0n) is 14.7. The number of carbonyl (C=O) groups is 2. The van der Waals surface area contributed by atoms with Gasteiger partial charge in [0.2, 0.25) is 5.91 Å². The number of nitrogens with one attached hydrogen (secondary N) is 3. The molecule has 1 heterocycles. The van der Waals surface area contributed by atoms with E-state index in [9.17, 15) is 9.59 Å². The smallest absolute Gasteiger partial charge is 0.407 e. The molecule has 26 heavy (non-hydrogen) atoms. The Morgan fingerprint density at radius 2 is 2.19 bits per heavy atom. The first-order chi connectivity index (χ1) is 12.5. The monoisotopic (exact) mass is 357 g/mol. The van der Waals surface area contributed by atoms with E-state index in [-0.39, 0.29) is 41.4 Å². The van der Waals surface area contributed by atoms with Gasteiger partial charge in [-0.3, -0.25) is 9.89 Å². The summed E-state index contributed by atoms with van der Waals surface area (Å²) in [5, 5.41) is 21.6. The Morgan fingerprint density at radius 3 is 2.88 bits per heavy atom. The summed E-state index contributed by atoms with van der Waals surface area (Å²) in [5.74, 6) is 0.196. The summed E-state index contributed by atoms with van der Waals surface area (Å²) in [4.78, 5) is 23.9. The van der Waals surface area contributed by atoms with Crippen molar-refractivity contribution in [3.05, 3.63) is 11.8 Å². The van der Waals surface area contributed by atoms with Crippen LogP contribution in [0.15, 0.2) is 6.07 Å². The molecular formula is C18H23N5O3. The van der Waals surface area contributed by atoms with Crippen molar-refractivity contribution in [3.8, 4) is 6.07 Å². The lowest BCUT2D eigenvalue weighted by atomic mass is 10.0. The van der Waals surface area contributed by atoms with Gasteiger partial charge in [0.25, 0.3) is 0 Å². The van der Waals surface area contributed by atoms with Crippen molar-refractivity contribution in [3.63, 3.8) is 0 Å². The molecule has 1 aromatic rings. The maximum absolute atomic E-state index is 12.0. The number of ether oxygens (including phenoxy) is 1. The topological polar surface area (TPSA) is 120 Å². The van der Waals surface area contributed by atoms with E-state index in [1.54, 1.807) is 0 Å². The molecule has 2 amide bonds. The van der Waals surface area contributed by atoms with E-state index in [4.69, 9.17) is 10.00 Å². The van der Waals surface area contributed by atoms with Crippen LogP contribution in [0.25, 0.3) is 0 Å². The van der Waals surface area contributed by atoms with E-state index in [0.717, 1.165) is 37.8 Å². The Kier molecular flexibility index (Phi) is 4.10. The molecule has 8 heteroatoms. The zero-order valence-corrected chi connectivity index (χ0v) is 14.7. The summed E-state index contributed by atoms with van der Waals surface area (Å²) in [7, 11) is 0. The molecule has 3 saturated carbocycles. The molecule has 1 aromatic heterocycles. The molecule has 0 radical (unpaired) electrons. The Hall–Kier alpha value is -2.56. The molecule has 3 aliphatic carbocycles. The maximum Gasteiger partial charge on any atom is 0.407 e. The van der Waals surface area contributed by atoms with E-state index >= 15 is 0 Å². The number of aromatic nitrogens is 2. The van der Waals surface area contributed by atoms with Gasteiger partial charge in [0.05, 0.1) is 17.9 Å². The van der Waals surface area contributed by atoms with Gasteiger partial charge in [-0.25, -0.2) is 4.79 Å². The summed E-state index contributed by atoms with van der Waals surface area (Å²) < 4.78 is 5.53. The molecule has 3 aliphatic rings. The molecule has 8 nitrogen and oxygen atoms in total. The predicted octanol–water partition coefficient (Wildman–Crippen LogP) is 2.42. The normalized spacial score (nSPS) is 30.9. The lowest BCUT2D eigenvalue weighted by Gasteiger charge is -2.16. The summed E-state index contributed by atoms with van der Waals surface area (Å²) in [6, 6.07) is 3.94. The van der Waals surface area contributed by atoms with Gasteiger partial charge in [0.15, 0.2) is 5.82 Å². The van der Waals surface area contributed by atoms with Crippen molar-refractivity contribution >= 4 is 17.8 Å². The predicted molar refractivity (Wildman–Crippen MR) is 92.1 cm³/mol. The number of hydrogen-bond donors (Lipinski definition) is 3. The molecule has 3 fully saturated rings. The lowest BCUT2D eigenvalue weighted by molar-refractivity contribution is -0.117. The van der Waals surface area contributed by atoms with Crippen LogP contribution in [0.4, 0.5) is 10.6 Å². The third-order valence-corrected chi connectivity index (χ3v) is 5.64. The van der Waals surface area contributed by atoms with E-state index in [1.807, 2.05) is 13.0 Å². The number of amides is 2. The quantitative estimate of drug-likeness (QED) is 0.747. The molecular weight excluding hydrogens is 334 g/mol. The number of H-pyrrole nitrogens is 1. The fourth-order valence-corrected chi connectivity index (χ4v) is 3.53. The molecule has 138 valence electrons. The largest absolute Gasteiger partial charge is 0.446 e. The maximum atomic E-state index is 12.0. The Morgan fingerprint density at radius 1 is 1.38 bits per heavy atom. The highest BCUT2D eigenvalue weighted by atomic mass is 16.6. The van der Waals surface area contributed by atoms with Gasteiger partial charge in [-0.15, -0.1) is 0 Å². The summed E-state index contributed by atoms with van der Waals surface area (Å²) in [6.45, 7) is 2.02. The molecule has 0 saturated heterocycles. The first kappa shape index (κ1) is 16.9. The molecule has 0 aromatic carbocycles. The molecule has 0 bridgehead atoms. The van der Waals surface area contributed by atoms with Crippen molar-refractivity contribution < 1.29 is 14.3 Å². The molecule has 0 aliphatic heterocycles. The minimum absolute atomic E-state index is 0.0717. The van der Waals surface area contributed by atoms with E-state index in [0.29, 0.717) is 12.2 Å². The van der Waals surface area contributed by atoms with Crippen molar-refractivity contribution in [1.82, 2.24) is 15.5 Å². The summed E-state index contributed by atoms with van der Waals surface area (Å²) >= 11 is 0. The number of alkyl carbamates (subject to hydrolysis) is 1. The minimum atomic E-state index is -0.329. The third kappa shape index (κ3) is 3.66. The van der Waals surface area contributed by atoms with Gasteiger partial charge in [0.1, 0.15) is 6.10 Å². The van der Waals surface area contributed by atoms with E-state index in [1.165, 1.54) is 0 Å². The average Bonchev–Trinajstić information content (AvgIpc) is 3.42. The van der Waals surface area contributed by atoms with Crippen LogP contribution in [-0.4, -0.2) is 33.8 Å². The first-order valence-electron chi connectivity index (χ1n) is 9.20. The summed E-state index contributed by atoms with van der Waals surface area (Å²) in [6.07, 6.45) is 4.70. The number of aromatic amines is 1. The molecule has 4 rings (SSSR count). The second-order valence-electron chi connectivity index (χ2n) is 8.00. The van der Waals surface area contributed by atoms with Gasteiger partial charge in [-0.2, -0.15) is 10.4 Å². The number of rotatable bonds is 5. The molecule has 3 N–H and O–H groups in total. The fraction of sp³-hybridized carbons (Fsp3) is 0.667. The van der Waals surface area contributed by atoms with Gasteiger partial charge in [-0.1, -0.05) is 0 Å². The van der Waals surface area contributed by atoms with Gasteiger partial charge in [0, 0.05) is 23.2 Å². The van der Waals surface area contributed by atoms with Gasteiger partial charge in [-0.05, 0) is 45.4 Å². The van der Waals surface area contributed by atoms with Crippen LogP contribution >= 0.6 is 0 Å². The zero-order chi connectivity index (χ0) is 18.3. The first-order valence-corrected chi connectivity index (χ1v) is 9.20. The SMILES string of the molecule is CC1(NC(=O)O[C@@H]2CC[C@H](c3cc(NC(=O)[C@H]4C[C@@H]4C#N)n[nH]3)C2)CC1. The summed E-state index contributed by atoms with van der Waals surface area (Å²) in [5.41, 5.74) is 0.867. The standard InChI is InChI=1S/C18H23N5O3/c1-18(4-5-18)21-17(25)26-12-3-2-10(6-12)14-8-15(23-22-14)20-16(24)13-7-11(13)9-19/h8,10-13H,2-7H2,1H3,(H,21,25)(H2,20,22,23,24)/t10-,11+,12+,13-/m0/s1. The van der Waals surface area contributed by atoms with Crippen LogP contribution in [0.5, 0.6) is 0 Å². The highest BCUT2D eigenvalue weighted by Crippen LogP contribution is 2.39. The van der Waals surface area contributed by atoms with E-state index in [2.05, 4.69) is 26.9 Å². The van der Waals surface area contributed by atoms with Crippen molar-refractivity contribution in [2.45, 2.75) is 63.0 Å². The van der Waals surface area contributed by atoms with Crippen LogP contribution < -0.4 is 10.6 Å². The Bertz CT molecular complexity index is 763. The molecule has 0 unspecified atom stereocenters. The lowest BCUT2D eigenvalue weighted by Crippen LogP contribution is -2.36. The Balaban J connectivity index is 1.26. The molecule has 4 atom stereocenters. The van der Waals surface area contributed by atoms with Gasteiger partial charge >= 0.3 is 6.09 Å². The van der Waals surface area contributed by atoms with E-state index < -0.39 is 0 Å². The molecule has 0 spiro atoms. The number of carbonyl (C=O) groups excluding carboxylic acids is 2. The van der Waals surface area contributed by atoms with Crippen LogP contribution in [-0.2, 0) is 9.53 Å². The van der Waals surface area contributed by atoms with Crippen molar-refractivity contribution in [2.24, 2.45) is 11.8 Å². The number of anilines is 1. The van der Waals surface area contributed by atoms with Crippen molar-refractivity contribution in [1.29, 1.82) is 5.26 Å². The average molecular weight is 357 g/mol. The van der Waals surface area contributed by atoms with Crippen molar-refractivity contribution in [2.75, 3.05) is 5.32 Å². The van der Waals surface area contributed by atoms with Crippen LogP contribution in [0.3, 0.4) is 0 Å². The van der Waals surface area contributed by atoms with Crippen LogP contribution in [0.2, 0.25) is 0 Å². The Labute approximate surface area is 151 Å². The highest BCUT2D eigenvalue weighted by molar-refractivity contribution is 5.94.